The molecule has 1 rings (SSSR count). The normalized spacial score (nSPS) is 10.8. The number of methoxy groups -OCH3 is 2. The van der Waals surface area contributed by atoms with Crippen LogP contribution in [0.3, 0.4) is 0 Å². The Labute approximate surface area is 92.2 Å². The van der Waals surface area contributed by atoms with Gasteiger partial charge in [0.15, 0.2) is 0 Å². The Morgan fingerprint density at radius 3 is 2.19 bits per heavy atom. The van der Waals surface area contributed by atoms with Gasteiger partial charge in [0.1, 0.15) is 17.6 Å². The van der Waals surface area contributed by atoms with E-state index in [2.05, 4.69) is 0 Å². The third kappa shape index (κ3) is 2.06. The van der Waals surface area contributed by atoms with Gasteiger partial charge in [-0.3, -0.25) is 0 Å². The van der Waals surface area contributed by atoms with Crippen LogP contribution in [-0.4, -0.2) is 14.2 Å². The molecule has 0 spiro atoms. The van der Waals surface area contributed by atoms with Crippen LogP contribution in [0.15, 0.2) is 12.1 Å². The van der Waals surface area contributed by atoms with E-state index in [1.165, 1.54) is 20.3 Å². The van der Waals surface area contributed by atoms with Crippen LogP contribution < -0.4 is 9.47 Å². The topological polar surface area (TPSA) is 42.2 Å². The van der Waals surface area contributed by atoms with Crippen molar-refractivity contribution in [3.8, 4) is 17.6 Å². The smallest absolute Gasteiger partial charge is 0.361 e. The van der Waals surface area contributed by atoms with E-state index in [9.17, 15) is 8.78 Å². The molecule has 0 aliphatic rings. The maximum absolute atomic E-state index is 13.3. The molecule has 0 bridgehead atoms. The van der Waals surface area contributed by atoms with Crippen molar-refractivity contribution in [1.82, 2.24) is 0 Å². The number of benzene rings is 1. The van der Waals surface area contributed by atoms with Crippen LogP contribution in [0, 0.1) is 18.3 Å². The molecule has 86 valence electrons. The zero-order valence-corrected chi connectivity index (χ0v) is 9.17. The van der Waals surface area contributed by atoms with Crippen molar-refractivity contribution in [1.29, 1.82) is 5.26 Å². The molecule has 5 heteroatoms. The molecule has 0 saturated heterocycles. The lowest BCUT2D eigenvalue weighted by atomic mass is 10.0. The van der Waals surface area contributed by atoms with Crippen molar-refractivity contribution < 1.29 is 18.3 Å². The lowest BCUT2D eigenvalue weighted by Crippen LogP contribution is -2.12. The van der Waals surface area contributed by atoms with Crippen molar-refractivity contribution >= 4 is 0 Å². The molecule has 1 aromatic carbocycles. The summed E-state index contributed by atoms with van der Waals surface area (Å²) in [7, 11) is 2.65. The Kier molecular flexibility index (Phi) is 3.33. The van der Waals surface area contributed by atoms with Gasteiger partial charge in [-0.05, 0) is 24.6 Å². The average Bonchev–Trinajstić information content (AvgIpc) is 2.28. The number of hydrogen-bond acceptors (Lipinski definition) is 3. The molecule has 16 heavy (non-hydrogen) atoms. The van der Waals surface area contributed by atoms with Gasteiger partial charge in [0, 0.05) is 0 Å². The van der Waals surface area contributed by atoms with Gasteiger partial charge in [0.2, 0.25) is 0 Å². The molecular weight excluding hydrogens is 216 g/mol. The molecule has 0 N–H and O–H groups in total. The minimum Gasteiger partial charge on any atom is -0.496 e. The molecule has 0 atom stereocenters. The number of hydrogen-bond donors (Lipinski definition) is 0. The summed E-state index contributed by atoms with van der Waals surface area (Å²) >= 11 is 0. The van der Waals surface area contributed by atoms with Crippen LogP contribution in [0.25, 0.3) is 0 Å². The van der Waals surface area contributed by atoms with Crippen LogP contribution in [0.5, 0.6) is 11.5 Å². The van der Waals surface area contributed by atoms with Crippen LogP contribution in [-0.2, 0) is 5.92 Å². The maximum atomic E-state index is 13.3. The molecule has 3 nitrogen and oxygen atoms in total. The van der Waals surface area contributed by atoms with Crippen molar-refractivity contribution in [3.63, 3.8) is 0 Å². The molecule has 0 aliphatic carbocycles. The van der Waals surface area contributed by atoms with E-state index in [0.29, 0.717) is 11.3 Å². The Hall–Kier alpha value is -1.83. The zero-order chi connectivity index (χ0) is 12.3. The number of alkyl halides is 2. The van der Waals surface area contributed by atoms with Gasteiger partial charge >= 0.3 is 5.92 Å². The fourth-order valence-electron chi connectivity index (χ4n) is 1.36. The van der Waals surface area contributed by atoms with Crippen molar-refractivity contribution in [3.05, 3.63) is 23.3 Å². The first kappa shape index (κ1) is 12.2. The summed E-state index contributed by atoms with van der Waals surface area (Å²) in [6.45, 7) is 1.70. The summed E-state index contributed by atoms with van der Waals surface area (Å²) in [6, 6.07) is 3.47. The standard InChI is InChI=1S/C11H11F2NO2/c1-7-4-10(16-3)8(5-9(7)15-2)11(12,13)6-14/h4-5H,1-3H3. The number of aryl methyl sites for hydroxylation is 1. The lowest BCUT2D eigenvalue weighted by molar-refractivity contribution is 0.0581. The first-order chi connectivity index (χ1) is 7.46. The van der Waals surface area contributed by atoms with Crippen molar-refractivity contribution in [2.24, 2.45) is 0 Å². The van der Waals surface area contributed by atoms with E-state index in [1.807, 2.05) is 0 Å². The minimum atomic E-state index is -3.59. The molecule has 0 heterocycles. The third-order valence-electron chi connectivity index (χ3n) is 2.20. The molecule has 0 aromatic heterocycles. The summed E-state index contributed by atoms with van der Waals surface area (Å²) in [5.41, 5.74) is 0.178. The van der Waals surface area contributed by atoms with E-state index in [1.54, 1.807) is 6.92 Å². The monoisotopic (exact) mass is 227 g/mol. The van der Waals surface area contributed by atoms with Crippen LogP contribution in [0.4, 0.5) is 8.78 Å². The highest BCUT2D eigenvalue weighted by Crippen LogP contribution is 2.38. The highest BCUT2D eigenvalue weighted by atomic mass is 19.3. The third-order valence-corrected chi connectivity index (χ3v) is 2.20. The molecule has 0 saturated carbocycles. The second kappa shape index (κ2) is 4.35. The van der Waals surface area contributed by atoms with Crippen molar-refractivity contribution in [2.75, 3.05) is 14.2 Å². The predicted octanol–water partition coefficient (Wildman–Crippen LogP) is 2.63. The molecule has 1 aromatic rings. The number of halogens is 2. The van der Waals surface area contributed by atoms with E-state index in [0.717, 1.165) is 12.1 Å². The average molecular weight is 227 g/mol. The second-order valence-electron chi connectivity index (χ2n) is 3.21. The van der Waals surface area contributed by atoms with Gasteiger partial charge in [-0.25, -0.2) is 0 Å². The molecule has 0 fully saturated rings. The summed E-state index contributed by atoms with van der Waals surface area (Å²) < 4.78 is 36.3. The van der Waals surface area contributed by atoms with Gasteiger partial charge in [-0.2, -0.15) is 14.0 Å². The Morgan fingerprint density at radius 1 is 1.19 bits per heavy atom. The fourth-order valence-corrected chi connectivity index (χ4v) is 1.36. The van der Waals surface area contributed by atoms with Gasteiger partial charge in [0.25, 0.3) is 0 Å². The van der Waals surface area contributed by atoms with Gasteiger partial charge in [0.05, 0.1) is 19.8 Å². The lowest BCUT2D eigenvalue weighted by Gasteiger charge is -2.15. The molecule has 0 aliphatic heterocycles. The first-order valence-electron chi connectivity index (χ1n) is 4.48. The number of nitriles is 1. The largest absolute Gasteiger partial charge is 0.496 e. The van der Waals surface area contributed by atoms with Crippen LogP contribution in [0.1, 0.15) is 11.1 Å². The quantitative estimate of drug-likeness (QED) is 0.797. The minimum absolute atomic E-state index is 0.0233. The number of nitrogens with zero attached hydrogens (tertiary/aromatic N) is 1. The fraction of sp³-hybridized carbons (Fsp3) is 0.364. The van der Waals surface area contributed by atoms with Crippen LogP contribution in [0.2, 0.25) is 0 Å². The highest BCUT2D eigenvalue weighted by Gasteiger charge is 2.35. The number of rotatable bonds is 3. The SMILES string of the molecule is COc1cc(C(F)(F)C#N)c(OC)cc1C. The predicted molar refractivity (Wildman–Crippen MR) is 53.8 cm³/mol. The molecule has 0 unspecified atom stereocenters. The Bertz CT molecular complexity index is 438. The zero-order valence-electron chi connectivity index (χ0n) is 9.17. The molecular formula is C11H11F2NO2. The van der Waals surface area contributed by atoms with E-state index in [-0.39, 0.29) is 5.75 Å². The second-order valence-corrected chi connectivity index (χ2v) is 3.21. The van der Waals surface area contributed by atoms with Gasteiger partial charge in [-0.15, -0.1) is 0 Å². The Balaban J connectivity index is 3.43. The van der Waals surface area contributed by atoms with Crippen molar-refractivity contribution in [2.45, 2.75) is 12.8 Å². The number of ether oxygens (including phenoxy) is 2. The van der Waals surface area contributed by atoms with Gasteiger partial charge < -0.3 is 9.47 Å². The highest BCUT2D eigenvalue weighted by molar-refractivity contribution is 5.49. The van der Waals surface area contributed by atoms with Gasteiger partial charge in [-0.1, -0.05) is 0 Å². The summed E-state index contributed by atoms with van der Waals surface area (Å²) in [5, 5.41) is 8.40. The maximum Gasteiger partial charge on any atom is 0.361 e. The summed E-state index contributed by atoms with van der Waals surface area (Å²) in [5.74, 6) is -3.32. The van der Waals surface area contributed by atoms with Crippen LogP contribution >= 0.6 is 0 Å². The summed E-state index contributed by atoms with van der Waals surface area (Å²) in [6.07, 6.45) is 0. The molecule has 0 radical (unpaired) electrons. The molecule has 0 amide bonds. The first-order valence-corrected chi connectivity index (χ1v) is 4.48. The summed E-state index contributed by atoms with van der Waals surface area (Å²) in [4.78, 5) is 0. The van der Waals surface area contributed by atoms with E-state index in [4.69, 9.17) is 14.7 Å². The Morgan fingerprint density at radius 2 is 1.75 bits per heavy atom. The van der Waals surface area contributed by atoms with E-state index < -0.39 is 11.5 Å². The van der Waals surface area contributed by atoms with E-state index >= 15 is 0 Å².